The van der Waals surface area contributed by atoms with E-state index in [-0.39, 0.29) is 0 Å². The Hall–Kier alpha value is -4.50. The molecule has 0 aliphatic carbocycles. The highest BCUT2D eigenvalue weighted by Crippen LogP contribution is 2.36. The molecule has 0 aliphatic rings. The van der Waals surface area contributed by atoms with E-state index in [1.165, 1.54) is 5.56 Å². The fourth-order valence-electron chi connectivity index (χ4n) is 4.30. The molecule has 3 aromatic heterocycles. The van der Waals surface area contributed by atoms with Gasteiger partial charge >= 0.3 is 0 Å². The molecule has 6 aromatic rings. The highest BCUT2D eigenvalue weighted by molar-refractivity contribution is 5.91. The van der Waals surface area contributed by atoms with Crippen LogP contribution in [0.2, 0.25) is 0 Å². The van der Waals surface area contributed by atoms with Crippen molar-refractivity contribution in [3.05, 3.63) is 121 Å². The molecule has 162 valence electrons. The molecule has 3 aromatic carbocycles. The first-order valence-corrected chi connectivity index (χ1v) is 11.3. The predicted molar refractivity (Wildman–Crippen MR) is 138 cm³/mol. The van der Waals surface area contributed by atoms with Gasteiger partial charge in [0.15, 0.2) is 0 Å². The number of hydrogen-bond acceptors (Lipinski definition) is 3. The first-order chi connectivity index (χ1) is 16.7. The van der Waals surface area contributed by atoms with E-state index in [1.54, 1.807) is 0 Å². The highest BCUT2D eigenvalue weighted by Gasteiger charge is 2.14. The molecule has 0 fully saturated rings. The number of rotatable bonds is 4. The molecule has 0 saturated carbocycles. The van der Waals surface area contributed by atoms with Gasteiger partial charge in [0.1, 0.15) is 11.3 Å². The molecule has 0 bridgehead atoms. The first-order valence-electron chi connectivity index (χ1n) is 11.3. The van der Waals surface area contributed by atoms with Gasteiger partial charge in [-0.1, -0.05) is 66.7 Å². The van der Waals surface area contributed by atoms with E-state index in [0.29, 0.717) is 0 Å². The van der Waals surface area contributed by atoms with Crippen LogP contribution < -0.4 is 0 Å². The van der Waals surface area contributed by atoms with Gasteiger partial charge in [0.05, 0.1) is 11.4 Å². The van der Waals surface area contributed by atoms with Crippen molar-refractivity contribution < 1.29 is 4.42 Å². The Kier molecular flexibility index (Phi) is 5.00. The molecular weight excluding hydrogens is 416 g/mol. The van der Waals surface area contributed by atoms with E-state index in [2.05, 4.69) is 66.5 Å². The summed E-state index contributed by atoms with van der Waals surface area (Å²) in [5.74, 6) is 0.867. The minimum Gasteiger partial charge on any atom is -0.456 e. The molecular formula is C31H22N2O. The summed E-state index contributed by atoms with van der Waals surface area (Å²) in [7, 11) is 0. The average Bonchev–Trinajstić information content (AvgIpc) is 3.33. The highest BCUT2D eigenvalue weighted by atomic mass is 16.3. The van der Waals surface area contributed by atoms with Crippen LogP contribution in [0, 0.1) is 6.92 Å². The lowest BCUT2D eigenvalue weighted by atomic mass is 9.96. The van der Waals surface area contributed by atoms with Crippen molar-refractivity contribution in [1.82, 2.24) is 9.97 Å². The number of benzene rings is 3. The van der Waals surface area contributed by atoms with Gasteiger partial charge in [0, 0.05) is 40.0 Å². The van der Waals surface area contributed by atoms with Gasteiger partial charge in [-0.2, -0.15) is 0 Å². The normalized spacial score (nSPS) is 11.1. The summed E-state index contributed by atoms with van der Waals surface area (Å²) in [5.41, 5.74) is 9.21. The number of pyridine rings is 2. The lowest BCUT2D eigenvalue weighted by molar-refractivity contribution is 0.631. The van der Waals surface area contributed by atoms with Crippen molar-refractivity contribution in [2.45, 2.75) is 6.92 Å². The molecule has 34 heavy (non-hydrogen) atoms. The number of hydrogen-bond donors (Lipinski definition) is 0. The lowest BCUT2D eigenvalue weighted by Crippen LogP contribution is -1.93. The van der Waals surface area contributed by atoms with Crippen LogP contribution in [-0.2, 0) is 0 Å². The van der Waals surface area contributed by atoms with Crippen LogP contribution in [0.5, 0.6) is 0 Å². The zero-order valence-corrected chi connectivity index (χ0v) is 18.8. The third kappa shape index (κ3) is 3.78. The zero-order chi connectivity index (χ0) is 22.9. The molecule has 0 amide bonds. The fourth-order valence-corrected chi connectivity index (χ4v) is 4.30. The van der Waals surface area contributed by atoms with Crippen LogP contribution in [0.4, 0.5) is 0 Å². The summed E-state index contributed by atoms with van der Waals surface area (Å²) in [6.45, 7) is 2.08. The maximum absolute atomic E-state index is 6.14. The van der Waals surface area contributed by atoms with Crippen molar-refractivity contribution in [1.29, 1.82) is 0 Å². The van der Waals surface area contributed by atoms with Gasteiger partial charge in [-0.15, -0.1) is 0 Å². The van der Waals surface area contributed by atoms with E-state index in [4.69, 9.17) is 9.40 Å². The number of furan rings is 1. The summed E-state index contributed by atoms with van der Waals surface area (Å²) < 4.78 is 6.14. The molecule has 0 spiro atoms. The van der Waals surface area contributed by atoms with E-state index in [9.17, 15) is 0 Å². The van der Waals surface area contributed by atoms with E-state index in [0.717, 1.165) is 55.9 Å². The van der Waals surface area contributed by atoms with Crippen LogP contribution in [0.3, 0.4) is 0 Å². The molecule has 0 atom stereocenters. The molecule has 3 heterocycles. The minimum atomic E-state index is 0.867. The van der Waals surface area contributed by atoms with Crippen LogP contribution in [0.15, 0.2) is 120 Å². The number of aromatic nitrogens is 2. The van der Waals surface area contributed by atoms with Crippen LogP contribution in [0.1, 0.15) is 5.56 Å². The second-order valence-electron chi connectivity index (χ2n) is 8.43. The Balaban J connectivity index is 1.52. The summed E-state index contributed by atoms with van der Waals surface area (Å²) in [6, 6.07) is 35.2. The topological polar surface area (TPSA) is 38.9 Å². The predicted octanol–water partition coefficient (Wildman–Crippen LogP) is 8.20. The Morgan fingerprint density at radius 2 is 1.38 bits per heavy atom. The Bertz CT molecular complexity index is 1600. The zero-order valence-electron chi connectivity index (χ0n) is 18.8. The molecule has 0 unspecified atom stereocenters. The number of fused-ring (bicyclic) bond motifs is 1. The fraction of sp³-hybridized carbons (Fsp3) is 0.0323. The number of aryl methyl sites for hydroxylation is 1. The second-order valence-corrected chi connectivity index (χ2v) is 8.43. The van der Waals surface area contributed by atoms with Crippen LogP contribution >= 0.6 is 0 Å². The van der Waals surface area contributed by atoms with Crippen molar-refractivity contribution in [3.63, 3.8) is 0 Å². The van der Waals surface area contributed by atoms with Crippen molar-refractivity contribution in [2.24, 2.45) is 0 Å². The smallest absolute Gasteiger partial charge is 0.135 e. The van der Waals surface area contributed by atoms with E-state index < -0.39 is 0 Å². The van der Waals surface area contributed by atoms with Crippen molar-refractivity contribution in [2.75, 3.05) is 0 Å². The van der Waals surface area contributed by atoms with Crippen molar-refractivity contribution >= 4 is 11.0 Å². The molecule has 6 rings (SSSR count). The Morgan fingerprint density at radius 3 is 2.15 bits per heavy atom. The Labute approximate surface area is 198 Å². The monoisotopic (exact) mass is 438 g/mol. The van der Waals surface area contributed by atoms with E-state index >= 15 is 0 Å². The largest absolute Gasteiger partial charge is 0.456 e. The molecule has 0 saturated heterocycles. The van der Waals surface area contributed by atoms with Crippen LogP contribution in [0.25, 0.3) is 55.9 Å². The quantitative estimate of drug-likeness (QED) is 0.278. The standard InChI is InChI=1S/C31H22N2O/c1-21-14-15-32-28(16-21)26-18-27(31(33-20-26)23-10-6-3-7-11-23)24-12-13-29-25(17-24)19-30(34-29)22-8-4-2-5-9-22/h2-20H,1H3. The van der Waals surface area contributed by atoms with Gasteiger partial charge in [0.2, 0.25) is 0 Å². The second kappa shape index (κ2) is 8.45. The SMILES string of the molecule is Cc1ccnc(-c2cnc(-c3ccccc3)c(-c3ccc4oc(-c5ccccc5)cc4c3)c2)c1. The van der Waals surface area contributed by atoms with Gasteiger partial charge in [-0.3, -0.25) is 9.97 Å². The molecule has 0 radical (unpaired) electrons. The molecule has 3 nitrogen and oxygen atoms in total. The maximum atomic E-state index is 6.14. The summed E-state index contributed by atoms with van der Waals surface area (Å²) in [5, 5.41) is 1.06. The van der Waals surface area contributed by atoms with Gasteiger partial charge in [0.25, 0.3) is 0 Å². The van der Waals surface area contributed by atoms with Gasteiger partial charge < -0.3 is 4.42 Å². The summed E-state index contributed by atoms with van der Waals surface area (Å²) in [6.07, 6.45) is 3.76. The molecule has 3 heteroatoms. The average molecular weight is 439 g/mol. The maximum Gasteiger partial charge on any atom is 0.135 e. The minimum absolute atomic E-state index is 0.867. The summed E-state index contributed by atoms with van der Waals surface area (Å²) in [4.78, 5) is 9.48. The van der Waals surface area contributed by atoms with Gasteiger partial charge in [-0.25, -0.2) is 0 Å². The van der Waals surface area contributed by atoms with Crippen LogP contribution in [-0.4, -0.2) is 9.97 Å². The third-order valence-corrected chi connectivity index (χ3v) is 6.03. The summed E-state index contributed by atoms with van der Waals surface area (Å²) >= 11 is 0. The van der Waals surface area contributed by atoms with Gasteiger partial charge in [-0.05, 0) is 54.4 Å². The Morgan fingerprint density at radius 1 is 0.618 bits per heavy atom. The van der Waals surface area contributed by atoms with Crippen molar-refractivity contribution in [3.8, 4) is 45.0 Å². The third-order valence-electron chi connectivity index (χ3n) is 6.03. The molecule has 0 N–H and O–H groups in total. The lowest BCUT2D eigenvalue weighted by Gasteiger charge is -2.12. The first kappa shape index (κ1) is 20.1. The molecule has 0 aliphatic heterocycles. The van der Waals surface area contributed by atoms with E-state index in [1.807, 2.05) is 60.9 Å². The number of nitrogens with zero attached hydrogens (tertiary/aromatic N) is 2.